The number of carbonyl (C=O) groups excluding carboxylic acids is 1. The molecule has 6 heteroatoms. The summed E-state index contributed by atoms with van der Waals surface area (Å²) in [5, 5.41) is 8.20. The molecule has 0 saturated carbocycles. The average molecular weight is 295 g/mol. The molecule has 1 heterocycles. The number of hydrazone groups is 1. The van der Waals surface area contributed by atoms with Crippen LogP contribution in [0, 0.1) is 0 Å². The van der Waals surface area contributed by atoms with Crippen molar-refractivity contribution >= 4 is 35.1 Å². The minimum Gasteiger partial charge on any atom is -0.496 e. The molecule has 0 aliphatic rings. The molecule has 0 unspecified atom stereocenters. The summed E-state index contributed by atoms with van der Waals surface area (Å²) in [6.45, 7) is 0. The van der Waals surface area contributed by atoms with E-state index in [-0.39, 0.29) is 5.91 Å². The Bertz CT molecular complexity index is 597. The lowest BCUT2D eigenvalue weighted by Gasteiger charge is -2.06. The van der Waals surface area contributed by atoms with Gasteiger partial charge in [0, 0.05) is 10.6 Å². The van der Waals surface area contributed by atoms with Gasteiger partial charge < -0.3 is 4.74 Å². The zero-order valence-corrected chi connectivity index (χ0v) is 11.7. The van der Waals surface area contributed by atoms with Crippen LogP contribution >= 0.6 is 22.9 Å². The number of benzene rings is 1. The quantitative estimate of drug-likeness (QED) is 0.695. The Kier molecular flexibility index (Phi) is 4.54. The number of halogens is 1. The zero-order valence-electron chi connectivity index (χ0n) is 10.1. The molecule has 1 N–H and O–H groups in total. The normalized spacial score (nSPS) is 10.6. The molecule has 0 radical (unpaired) electrons. The van der Waals surface area contributed by atoms with E-state index in [1.807, 2.05) is 16.8 Å². The number of amides is 1. The van der Waals surface area contributed by atoms with Crippen LogP contribution in [-0.4, -0.2) is 19.2 Å². The van der Waals surface area contributed by atoms with Gasteiger partial charge in [-0.15, -0.1) is 0 Å². The number of thiophene rings is 1. The monoisotopic (exact) mass is 294 g/mol. The van der Waals surface area contributed by atoms with E-state index in [1.165, 1.54) is 13.2 Å². The Balaban J connectivity index is 2.09. The third kappa shape index (κ3) is 3.56. The maximum absolute atomic E-state index is 11.9. The number of hydrogen-bond donors (Lipinski definition) is 1. The van der Waals surface area contributed by atoms with Gasteiger partial charge in [-0.3, -0.25) is 4.79 Å². The molecular weight excluding hydrogens is 284 g/mol. The van der Waals surface area contributed by atoms with Gasteiger partial charge in [0.2, 0.25) is 0 Å². The number of rotatable bonds is 4. The maximum Gasteiger partial charge on any atom is 0.275 e. The van der Waals surface area contributed by atoms with Crippen molar-refractivity contribution in [3.8, 4) is 5.75 Å². The fraction of sp³-hybridized carbons (Fsp3) is 0.0769. The molecule has 0 bridgehead atoms. The molecule has 2 aromatic rings. The summed E-state index contributed by atoms with van der Waals surface area (Å²) in [5.41, 5.74) is 3.71. The molecule has 98 valence electrons. The van der Waals surface area contributed by atoms with Crippen LogP contribution in [0.25, 0.3) is 0 Å². The summed E-state index contributed by atoms with van der Waals surface area (Å²) in [4.78, 5) is 11.9. The van der Waals surface area contributed by atoms with Crippen molar-refractivity contribution in [2.45, 2.75) is 0 Å². The van der Waals surface area contributed by atoms with Gasteiger partial charge in [-0.2, -0.15) is 16.4 Å². The number of ether oxygens (including phenoxy) is 1. The molecule has 4 nitrogen and oxygen atoms in total. The minimum absolute atomic E-state index is 0.345. The molecule has 19 heavy (non-hydrogen) atoms. The highest BCUT2D eigenvalue weighted by molar-refractivity contribution is 7.08. The van der Waals surface area contributed by atoms with Crippen LogP contribution in [0.1, 0.15) is 15.9 Å². The molecule has 0 atom stereocenters. The molecule has 1 aromatic heterocycles. The second-order valence-corrected chi connectivity index (χ2v) is 4.82. The third-order valence-corrected chi connectivity index (χ3v) is 3.27. The average Bonchev–Trinajstić information content (AvgIpc) is 2.91. The standard InChI is InChI=1S/C13H11ClN2O2S/c1-18-12-3-2-10(14)6-11(12)13(17)16-15-7-9-4-5-19-8-9/h2-8H,1H3,(H,16,17)/b15-7-. The first-order chi connectivity index (χ1) is 9.20. The van der Waals surface area contributed by atoms with E-state index < -0.39 is 0 Å². The van der Waals surface area contributed by atoms with Crippen LogP contribution in [0.2, 0.25) is 5.02 Å². The van der Waals surface area contributed by atoms with E-state index >= 15 is 0 Å². The summed E-state index contributed by atoms with van der Waals surface area (Å²) >= 11 is 7.42. The predicted octanol–water partition coefficient (Wildman–Crippen LogP) is 3.17. The van der Waals surface area contributed by atoms with Gasteiger partial charge in [0.15, 0.2) is 0 Å². The van der Waals surface area contributed by atoms with Crippen molar-refractivity contribution < 1.29 is 9.53 Å². The van der Waals surface area contributed by atoms with E-state index in [2.05, 4.69) is 10.5 Å². The molecule has 0 aliphatic heterocycles. The van der Waals surface area contributed by atoms with Crippen molar-refractivity contribution in [1.29, 1.82) is 0 Å². The molecule has 0 aliphatic carbocycles. The second-order valence-electron chi connectivity index (χ2n) is 3.60. The molecule has 0 fully saturated rings. The predicted molar refractivity (Wildman–Crippen MR) is 77.4 cm³/mol. The highest BCUT2D eigenvalue weighted by Crippen LogP contribution is 2.22. The molecule has 0 spiro atoms. The van der Waals surface area contributed by atoms with Crippen molar-refractivity contribution in [3.05, 3.63) is 51.2 Å². The van der Waals surface area contributed by atoms with Gasteiger partial charge in [0.1, 0.15) is 5.75 Å². The van der Waals surface area contributed by atoms with Crippen molar-refractivity contribution in [3.63, 3.8) is 0 Å². The summed E-state index contributed by atoms with van der Waals surface area (Å²) < 4.78 is 5.10. The van der Waals surface area contributed by atoms with E-state index in [0.29, 0.717) is 16.3 Å². The number of carbonyl (C=O) groups is 1. The van der Waals surface area contributed by atoms with Crippen LogP contribution in [-0.2, 0) is 0 Å². The topological polar surface area (TPSA) is 50.7 Å². The second kappa shape index (κ2) is 6.36. The van der Waals surface area contributed by atoms with E-state index in [4.69, 9.17) is 16.3 Å². The van der Waals surface area contributed by atoms with Gasteiger partial charge in [0.05, 0.1) is 18.9 Å². The van der Waals surface area contributed by atoms with Crippen molar-refractivity contribution in [2.75, 3.05) is 7.11 Å². The summed E-state index contributed by atoms with van der Waals surface area (Å²) in [5.74, 6) is 0.0819. The smallest absolute Gasteiger partial charge is 0.275 e. The largest absolute Gasteiger partial charge is 0.496 e. The minimum atomic E-state index is -0.370. The van der Waals surface area contributed by atoms with Crippen LogP contribution in [0.5, 0.6) is 5.75 Å². The Hall–Kier alpha value is -1.85. The molecule has 1 amide bonds. The van der Waals surface area contributed by atoms with Crippen molar-refractivity contribution in [2.24, 2.45) is 5.10 Å². The van der Waals surface area contributed by atoms with Gasteiger partial charge in [-0.1, -0.05) is 11.6 Å². The van der Waals surface area contributed by atoms with E-state index in [1.54, 1.807) is 29.7 Å². The van der Waals surface area contributed by atoms with Crippen LogP contribution in [0.3, 0.4) is 0 Å². The lowest BCUT2D eigenvalue weighted by Crippen LogP contribution is -2.18. The number of hydrogen-bond acceptors (Lipinski definition) is 4. The fourth-order valence-corrected chi connectivity index (χ4v) is 2.21. The van der Waals surface area contributed by atoms with E-state index in [9.17, 15) is 4.79 Å². The van der Waals surface area contributed by atoms with Gasteiger partial charge >= 0.3 is 0 Å². The third-order valence-electron chi connectivity index (χ3n) is 2.33. The summed E-state index contributed by atoms with van der Waals surface area (Å²) in [6.07, 6.45) is 1.57. The Morgan fingerprint density at radius 3 is 3.00 bits per heavy atom. The van der Waals surface area contributed by atoms with Crippen LogP contribution in [0.15, 0.2) is 40.1 Å². The van der Waals surface area contributed by atoms with Crippen LogP contribution < -0.4 is 10.2 Å². The first-order valence-electron chi connectivity index (χ1n) is 5.40. The SMILES string of the molecule is COc1ccc(Cl)cc1C(=O)N/N=C\c1ccsc1. The number of methoxy groups -OCH3 is 1. The Morgan fingerprint density at radius 2 is 2.32 bits per heavy atom. The van der Waals surface area contributed by atoms with Gasteiger partial charge in [0.25, 0.3) is 5.91 Å². The summed E-state index contributed by atoms with van der Waals surface area (Å²) in [7, 11) is 1.49. The Labute approximate surface area is 119 Å². The Morgan fingerprint density at radius 1 is 1.47 bits per heavy atom. The van der Waals surface area contributed by atoms with Crippen molar-refractivity contribution in [1.82, 2.24) is 5.43 Å². The molecular formula is C13H11ClN2O2S. The lowest BCUT2D eigenvalue weighted by molar-refractivity contribution is 0.0952. The molecule has 0 saturated heterocycles. The maximum atomic E-state index is 11.9. The number of nitrogens with zero attached hydrogens (tertiary/aromatic N) is 1. The lowest BCUT2D eigenvalue weighted by atomic mass is 10.2. The highest BCUT2D eigenvalue weighted by Gasteiger charge is 2.11. The van der Waals surface area contributed by atoms with Gasteiger partial charge in [-0.25, -0.2) is 5.43 Å². The first-order valence-corrected chi connectivity index (χ1v) is 6.72. The van der Waals surface area contributed by atoms with E-state index in [0.717, 1.165) is 5.56 Å². The first kappa shape index (κ1) is 13.6. The fourth-order valence-electron chi connectivity index (χ4n) is 1.43. The molecule has 2 rings (SSSR count). The summed E-state index contributed by atoms with van der Waals surface area (Å²) in [6, 6.07) is 6.74. The van der Waals surface area contributed by atoms with Gasteiger partial charge in [-0.05, 0) is 35.0 Å². The zero-order chi connectivity index (χ0) is 13.7. The number of nitrogens with one attached hydrogen (secondary N) is 1. The van der Waals surface area contributed by atoms with Crippen LogP contribution in [0.4, 0.5) is 0 Å². The molecule has 1 aromatic carbocycles. The highest BCUT2D eigenvalue weighted by atomic mass is 35.5.